The van der Waals surface area contributed by atoms with Crippen molar-refractivity contribution in [1.29, 1.82) is 0 Å². The molecule has 0 spiro atoms. The first-order valence-corrected chi connectivity index (χ1v) is 12.2. The molecule has 32 heavy (non-hydrogen) atoms. The van der Waals surface area contributed by atoms with Crippen LogP contribution in [0, 0.1) is 0 Å². The molecule has 1 aliphatic carbocycles. The Labute approximate surface area is 193 Å². The number of fused-ring (bicyclic) bond motifs is 1. The van der Waals surface area contributed by atoms with Crippen molar-refractivity contribution in [2.45, 2.75) is 38.8 Å². The van der Waals surface area contributed by atoms with Crippen LogP contribution in [0.3, 0.4) is 0 Å². The lowest BCUT2D eigenvalue weighted by Crippen LogP contribution is -2.68. The molecule has 1 saturated heterocycles. The van der Waals surface area contributed by atoms with Gasteiger partial charge in [0.1, 0.15) is 13.1 Å². The minimum Gasteiger partial charge on any atom is -0.295 e. The molecule has 5 rings (SSSR count). The van der Waals surface area contributed by atoms with Gasteiger partial charge in [-0.05, 0) is 49.4 Å². The van der Waals surface area contributed by atoms with E-state index in [0.29, 0.717) is 0 Å². The Balaban J connectivity index is 1.61. The van der Waals surface area contributed by atoms with Crippen molar-refractivity contribution in [3.8, 4) is 0 Å². The van der Waals surface area contributed by atoms with Crippen LogP contribution in [0.4, 0.5) is 5.69 Å². The molecule has 2 aliphatic rings. The standard InChI is InChI=1S/C29H36N3/c1-30-19-21-32(22-20-30,29-18-10-16-27-15-8-9-17-28(27)29)31(23-25-11-4-2-5-12-25)24-26-13-6-3-7-14-26/h2-7,10-14,16,18H,8-9,15,17,19-24H2,1H3/q+1. The zero-order chi connectivity index (χ0) is 21.8. The van der Waals surface area contributed by atoms with Crippen molar-refractivity contribution in [2.24, 2.45) is 0 Å². The van der Waals surface area contributed by atoms with Gasteiger partial charge in [0.2, 0.25) is 0 Å². The first-order chi connectivity index (χ1) is 15.7. The highest BCUT2D eigenvalue weighted by molar-refractivity contribution is 5.55. The lowest BCUT2D eigenvalue weighted by Gasteiger charge is -2.50. The number of nitrogens with zero attached hydrogens (tertiary/aromatic N) is 3. The van der Waals surface area contributed by atoms with Crippen LogP contribution in [-0.4, -0.2) is 43.1 Å². The molecule has 0 saturated carbocycles. The van der Waals surface area contributed by atoms with Gasteiger partial charge in [0.25, 0.3) is 0 Å². The molecule has 0 aromatic heterocycles. The molecule has 3 aromatic carbocycles. The van der Waals surface area contributed by atoms with Crippen LogP contribution < -0.4 is 4.59 Å². The van der Waals surface area contributed by atoms with Gasteiger partial charge in [-0.2, -0.15) is 0 Å². The third-order valence-corrected chi connectivity index (χ3v) is 7.48. The Morgan fingerprint density at radius 1 is 0.719 bits per heavy atom. The Kier molecular flexibility index (Phi) is 6.40. The van der Waals surface area contributed by atoms with Gasteiger partial charge in [0.15, 0.2) is 5.69 Å². The molecular weight excluding hydrogens is 390 g/mol. The number of quaternary nitrogens is 1. The second-order valence-corrected chi connectivity index (χ2v) is 9.59. The number of benzene rings is 3. The van der Waals surface area contributed by atoms with E-state index in [0.717, 1.165) is 43.9 Å². The summed E-state index contributed by atoms with van der Waals surface area (Å²) in [6.07, 6.45) is 5.12. The first-order valence-electron chi connectivity index (χ1n) is 12.2. The number of hydrogen-bond donors (Lipinski definition) is 0. The number of hydrogen-bond acceptors (Lipinski definition) is 2. The molecular formula is C29H36N3+. The van der Waals surface area contributed by atoms with Crippen LogP contribution in [0.2, 0.25) is 0 Å². The monoisotopic (exact) mass is 426 g/mol. The van der Waals surface area contributed by atoms with E-state index in [1.165, 1.54) is 36.8 Å². The quantitative estimate of drug-likeness (QED) is 0.485. The third-order valence-electron chi connectivity index (χ3n) is 7.48. The van der Waals surface area contributed by atoms with Crippen molar-refractivity contribution in [2.75, 3.05) is 33.2 Å². The number of likely N-dealkylation sites (N-methyl/N-ethyl adjacent to an activating group) is 1. The molecule has 166 valence electrons. The Hall–Kier alpha value is -2.46. The number of piperazine rings is 1. The van der Waals surface area contributed by atoms with E-state index in [1.807, 2.05) is 0 Å². The van der Waals surface area contributed by atoms with E-state index in [4.69, 9.17) is 0 Å². The van der Waals surface area contributed by atoms with Crippen LogP contribution in [-0.2, 0) is 25.9 Å². The van der Waals surface area contributed by atoms with Gasteiger partial charge in [0, 0.05) is 24.7 Å². The molecule has 3 nitrogen and oxygen atoms in total. The van der Waals surface area contributed by atoms with Gasteiger partial charge in [0.05, 0.1) is 13.1 Å². The SMILES string of the molecule is CN1CC[N+](c2cccc3c2CCCC3)(N(Cc2ccccc2)Cc2ccccc2)CC1. The van der Waals surface area contributed by atoms with Crippen molar-refractivity contribution in [3.05, 3.63) is 101 Å². The van der Waals surface area contributed by atoms with Crippen LogP contribution in [0.5, 0.6) is 0 Å². The average Bonchev–Trinajstić information content (AvgIpc) is 2.85. The Morgan fingerprint density at radius 2 is 1.31 bits per heavy atom. The van der Waals surface area contributed by atoms with Gasteiger partial charge in [-0.25, -0.2) is 4.59 Å². The maximum Gasteiger partial charge on any atom is 0.155 e. The molecule has 3 heteroatoms. The summed E-state index contributed by atoms with van der Waals surface area (Å²) in [4.78, 5) is 2.50. The van der Waals surface area contributed by atoms with Crippen molar-refractivity contribution < 1.29 is 0 Å². The van der Waals surface area contributed by atoms with Crippen molar-refractivity contribution in [3.63, 3.8) is 0 Å². The molecule has 3 aromatic rings. The smallest absolute Gasteiger partial charge is 0.155 e. The fourth-order valence-electron chi connectivity index (χ4n) is 5.64. The predicted molar refractivity (Wildman–Crippen MR) is 134 cm³/mol. The Bertz CT molecular complexity index is 966. The minimum absolute atomic E-state index is 0.961. The zero-order valence-corrected chi connectivity index (χ0v) is 19.4. The van der Waals surface area contributed by atoms with Gasteiger partial charge >= 0.3 is 0 Å². The lowest BCUT2D eigenvalue weighted by atomic mass is 9.89. The second kappa shape index (κ2) is 9.58. The predicted octanol–water partition coefficient (Wildman–Crippen LogP) is 5.44. The van der Waals surface area contributed by atoms with Crippen LogP contribution in [0.1, 0.15) is 35.1 Å². The first kappa shape index (κ1) is 21.4. The maximum atomic E-state index is 2.75. The molecule has 0 amide bonds. The average molecular weight is 427 g/mol. The van der Waals surface area contributed by atoms with Crippen LogP contribution >= 0.6 is 0 Å². The van der Waals surface area contributed by atoms with Crippen molar-refractivity contribution >= 4 is 5.69 Å². The van der Waals surface area contributed by atoms with Gasteiger partial charge in [-0.3, -0.25) is 4.90 Å². The van der Waals surface area contributed by atoms with E-state index >= 15 is 0 Å². The van der Waals surface area contributed by atoms with Gasteiger partial charge < -0.3 is 0 Å². The Morgan fingerprint density at radius 3 is 1.94 bits per heavy atom. The summed E-state index contributed by atoms with van der Waals surface area (Å²) in [7, 11) is 2.27. The van der Waals surface area contributed by atoms with Crippen LogP contribution in [0.15, 0.2) is 78.9 Å². The summed E-state index contributed by atoms with van der Waals surface area (Å²) in [6.45, 7) is 6.44. The summed E-state index contributed by atoms with van der Waals surface area (Å²) in [5, 5.41) is 2.75. The summed E-state index contributed by atoms with van der Waals surface area (Å²) in [6, 6.07) is 29.2. The minimum atomic E-state index is 0.961. The van der Waals surface area contributed by atoms with Crippen LogP contribution in [0.25, 0.3) is 0 Å². The van der Waals surface area contributed by atoms with E-state index < -0.39 is 0 Å². The van der Waals surface area contributed by atoms with Crippen molar-refractivity contribution in [1.82, 2.24) is 14.5 Å². The third kappa shape index (κ3) is 4.38. The lowest BCUT2D eigenvalue weighted by molar-refractivity contribution is -0.0598. The molecule has 1 heterocycles. The largest absolute Gasteiger partial charge is 0.295 e. The maximum absolute atomic E-state index is 2.75. The fraction of sp³-hybridized carbons (Fsp3) is 0.379. The molecule has 0 atom stereocenters. The highest BCUT2D eigenvalue weighted by Crippen LogP contribution is 2.38. The molecule has 1 aliphatic heterocycles. The molecule has 0 bridgehead atoms. The van der Waals surface area contributed by atoms with E-state index in [9.17, 15) is 0 Å². The highest BCUT2D eigenvalue weighted by Gasteiger charge is 2.43. The fourth-order valence-corrected chi connectivity index (χ4v) is 5.64. The molecule has 0 N–H and O–H groups in total. The number of rotatable bonds is 6. The molecule has 0 unspecified atom stereocenters. The highest BCUT2D eigenvalue weighted by atomic mass is 15.8. The van der Waals surface area contributed by atoms with E-state index in [1.54, 1.807) is 16.8 Å². The summed E-state index contributed by atoms with van der Waals surface area (Å²) in [5.41, 5.74) is 7.57. The zero-order valence-electron chi connectivity index (χ0n) is 19.4. The van der Waals surface area contributed by atoms with E-state index in [2.05, 4.69) is 95.8 Å². The van der Waals surface area contributed by atoms with Gasteiger partial charge in [-0.15, -0.1) is 5.01 Å². The normalized spacial score (nSPS) is 18.4. The summed E-state index contributed by atoms with van der Waals surface area (Å²) < 4.78 is 0.970. The second-order valence-electron chi connectivity index (χ2n) is 9.59. The molecule has 0 radical (unpaired) electrons. The van der Waals surface area contributed by atoms with E-state index in [-0.39, 0.29) is 0 Å². The topological polar surface area (TPSA) is 6.48 Å². The number of aryl methyl sites for hydroxylation is 1. The van der Waals surface area contributed by atoms with Gasteiger partial charge in [-0.1, -0.05) is 72.8 Å². The molecule has 1 fully saturated rings. The summed E-state index contributed by atoms with van der Waals surface area (Å²) >= 11 is 0. The summed E-state index contributed by atoms with van der Waals surface area (Å²) in [5.74, 6) is 0.